The smallest absolute Gasteiger partial charge is 0.125 e. The number of anilines is 1. The molecule has 2 N–H and O–H groups in total. The van der Waals surface area contributed by atoms with Gasteiger partial charge in [0, 0.05) is 31.4 Å². The van der Waals surface area contributed by atoms with Crippen LogP contribution >= 0.6 is 0 Å². The molecule has 0 aliphatic heterocycles. The lowest BCUT2D eigenvalue weighted by molar-refractivity contribution is 0.167. The largest absolute Gasteiger partial charge is 0.390 e. The Balaban J connectivity index is 2.47. The van der Waals surface area contributed by atoms with Gasteiger partial charge in [0.15, 0.2) is 0 Å². The molecule has 0 fully saturated rings. The van der Waals surface area contributed by atoms with E-state index in [1.165, 1.54) is 12.1 Å². The van der Waals surface area contributed by atoms with Gasteiger partial charge in [0.2, 0.25) is 0 Å². The highest BCUT2D eigenvalue weighted by Gasteiger charge is 2.14. The Morgan fingerprint density at radius 1 is 1.39 bits per heavy atom. The van der Waals surface area contributed by atoms with E-state index in [-0.39, 0.29) is 11.4 Å². The van der Waals surface area contributed by atoms with E-state index in [1.54, 1.807) is 6.07 Å². The van der Waals surface area contributed by atoms with Crippen LogP contribution in [0.2, 0.25) is 0 Å². The van der Waals surface area contributed by atoms with Crippen LogP contribution in [0.5, 0.6) is 0 Å². The van der Waals surface area contributed by atoms with Crippen molar-refractivity contribution in [2.45, 2.75) is 32.4 Å². The van der Waals surface area contributed by atoms with Gasteiger partial charge in [-0.2, -0.15) is 0 Å². The van der Waals surface area contributed by atoms with Gasteiger partial charge in [0.05, 0.1) is 6.10 Å². The Labute approximate surface area is 109 Å². The predicted octanol–water partition coefficient (Wildman–Crippen LogP) is 2.01. The number of benzene rings is 1. The number of nitrogens with one attached hydrogen (secondary N) is 1. The van der Waals surface area contributed by atoms with Crippen molar-refractivity contribution in [3.8, 4) is 0 Å². The van der Waals surface area contributed by atoms with Gasteiger partial charge in [-0.05, 0) is 39.0 Å². The van der Waals surface area contributed by atoms with Crippen molar-refractivity contribution < 1.29 is 9.50 Å². The molecule has 0 amide bonds. The van der Waals surface area contributed by atoms with Crippen molar-refractivity contribution in [2.75, 3.05) is 25.0 Å². The zero-order chi connectivity index (χ0) is 13.8. The first-order valence-electron chi connectivity index (χ1n) is 6.18. The summed E-state index contributed by atoms with van der Waals surface area (Å²) in [6, 6.07) is 6.37. The molecular weight excluding hydrogens is 231 g/mol. The van der Waals surface area contributed by atoms with Crippen LogP contribution < -0.4 is 10.2 Å². The van der Waals surface area contributed by atoms with E-state index in [4.69, 9.17) is 0 Å². The van der Waals surface area contributed by atoms with Crippen LogP contribution in [-0.2, 0) is 0 Å². The van der Waals surface area contributed by atoms with Gasteiger partial charge in [0.25, 0.3) is 0 Å². The summed E-state index contributed by atoms with van der Waals surface area (Å²) >= 11 is 0. The topological polar surface area (TPSA) is 35.5 Å². The normalized spacial score (nSPS) is 13.4. The van der Waals surface area contributed by atoms with Crippen molar-refractivity contribution >= 4 is 5.69 Å². The minimum absolute atomic E-state index is 0.0155. The van der Waals surface area contributed by atoms with Crippen LogP contribution in [0.25, 0.3) is 0 Å². The first-order valence-corrected chi connectivity index (χ1v) is 6.18. The maximum Gasteiger partial charge on any atom is 0.125 e. The molecule has 0 aromatic heterocycles. The molecule has 1 rings (SSSR count). The summed E-state index contributed by atoms with van der Waals surface area (Å²) in [7, 11) is 1.84. The molecule has 0 aliphatic rings. The molecule has 0 heterocycles. The van der Waals surface area contributed by atoms with E-state index in [2.05, 4.69) is 26.1 Å². The van der Waals surface area contributed by atoms with Gasteiger partial charge >= 0.3 is 0 Å². The van der Waals surface area contributed by atoms with Gasteiger partial charge in [-0.25, -0.2) is 4.39 Å². The summed E-state index contributed by atoms with van der Waals surface area (Å²) in [6.45, 7) is 7.14. The lowest BCUT2D eigenvalue weighted by atomic mass is 10.1. The number of hydrogen-bond acceptors (Lipinski definition) is 3. The van der Waals surface area contributed by atoms with Crippen molar-refractivity contribution in [3.05, 3.63) is 30.1 Å². The summed E-state index contributed by atoms with van der Waals surface area (Å²) in [5, 5.41) is 13.2. The van der Waals surface area contributed by atoms with Crippen LogP contribution in [0.4, 0.5) is 10.1 Å². The van der Waals surface area contributed by atoms with E-state index in [0.29, 0.717) is 13.1 Å². The van der Waals surface area contributed by atoms with E-state index >= 15 is 0 Å². The minimum atomic E-state index is -0.488. The molecule has 0 aliphatic carbocycles. The summed E-state index contributed by atoms with van der Waals surface area (Å²) in [6.07, 6.45) is -0.488. The lowest BCUT2D eigenvalue weighted by Gasteiger charge is -2.26. The molecule has 0 saturated carbocycles. The van der Waals surface area contributed by atoms with Crippen LogP contribution in [0.15, 0.2) is 24.3 Å². The van der Waals surface area contributed by atoms with E-state index in [0.717, 1.165) is 5.69 Å². The number of hydrogen-bond donors (Lipinski definition) is 2. The quantitative estimate of drug-likeness (QED) is 0.844. The highest BCUT2D eigenvalue weighted by atomic mass is 19.1. The first-order chi connectivity index (χ1) is 8.28. The molecule has 1 aromatic carbocycles. The predicted molar refractivity (Wildman–Crippen MR) is 73.4 cm³/mol. The van der Waals surface area contributed by atoms with Gasteiger partial charge in [-0.1, -0.05) is 6.07 Å². The fourth-order valence-electron chi connectivity index (χ4n) is 1.62. The third-order valence-electron chi connectivity index (χ3n) is 2.60. The monoisotopic (exact) mass is 254 g/mol. The molecular formula is C14H23FN2O. The Hall–Kier alpha value is -1.13. The van der Waals surface area contributed by atoms with E-state index in [9.17, 15) is 9.50 Å². The molecule has 18 heavy (non-hydrogen) atoms. The number of likely N-dealkylation sites (N-methyl/N-ethyl adjacent to an activating group) is 1. The maximum atomic E-state index is 13.1. The molecule has 4 heteroatoms. The van der Waals surface area contributed by atoms with E-state index < -0.39 is 6.10 Å². The number of aliphatic hydroxyl groups excluding tert-OH is 1. The highest BCUT2D eigenvalue weighted by Crippen LogP contribution is 2.14. The third kappa shape index (κ3) is 5.47. The summed E-state index contributed by atoms with van der Waals surface area (Å²) in [5.41, 5.74) is 0.753. The van der Waals surface area contributed by atoms with Gasteiger partial charge in [-0.15, -0.1) is 0 Å². The van der Waals surface area contributed by atoms with Gasteiger partial charge < -0.3 is 15.3 Å². The van der Waals surface area contributed by atoms with Crippen LogP contribution in [0, 0.1) is 5.82 Å². The number of rotatable bonds is 5. The molecule has 0 radical (unpaired) electrons. The van der Waals surface area contributed by atoms with Crippen molar-refractivity contribution in [3.63, 3.8) is 0 Å². The zero-order valence-corrected chi connectivity index (χ0v) is 11.6. The van der Waals surface area contributed by atoms with E-state index in [1.807, 2.05) is 18.0 Å². The molecule has 102 valence electrons. The number of nitrogens with zero attached hydrogens (tertiary/aromatic N) is 1. The van der Waals surface area contributed by atoms with Gasteiger partial charge in [0.1, 0.15) is 5.82 Å². The summed E-state index contributed by atoms with van der Waals surface area (Å²) in [5.74, 6) is -0.262. The Kier molecular flexibility index (Phi) is 5.11. The minimum Gasteiger partial charge on any atom is -0.390 e. The summed E-state index contributed by atoms with van der Waals surface area (Å²) in [4.78, 5) is 1.85. The van der Waals surface area contributed by atoms with Crippen molar-refractivity contribution in [2.24, 2.45) is 0 Å². The molecule has 1 unspecified atom stereocenters. The molecule has 1 atom stereocenters. The maximum absolute atomic E-state index is 13.1. The van der Waals surface area contributed by atoms with Crippen LogP contribution in [0.1, 0.15) is 20.8 Å². The Bertz CT molecular complexity index is 376. The molecule has 0 saturated heterocycles. The number of halogens is 1. The van der Waals surface area contributed by atoms with Crippen molar-refractivity contribution in [1.29, 1.82) is 0 Å². The first kappa shape index (κ1) is 14.9. The highest BCUT2D eigenvalue weighted by molar-refractivity contribution is 5.45. The fourth-order valence-corrected chi connectivity index (χ4v) is 1.62. The standard InChI is InChI=1S/C14H23FN2O/c1-14(2,3)16-9-13(18)10-17(4)12-7-5-6-11(15)8-12/h5-8,13,16,18H,9-10H2,1-4H3. The Morgan fingerprint density at radius 2 is 2.06 bits per heavy atom. The second kappa shape index (κ2) is 6.16. The number of β-amino-alcohol motifs (C(OH)–C–C–N with tert-alkyl or cyclic N) is 1. The fraction of sp³-hybridized carbons (Fsp3) is 0.571. The molecule has 1 aromatic rings. The Morgan fingerprint density at radius 3 is 2.61 bits per heavy atom. The second-order valence-electron chi connectivity index (χ2n) is 5.65. The van der Waals surface area contributed by atoms with Gasteiger partial charge in [-0.3, -0.25) is 0 Å². The SMILES string of the molecule is CN(CC(O)CNC(C)(C)C)c1cccc(F)c1. The van der Waals surface area contributed by atoms with Crippen LogP contribution in [0.3, 0.4) is 0 Å². The third-order valence-corrected chi connectivity index (χ3v) is 2.60. The average Bonchev–Trinajstić information content (AvgIpc) is 2.25. The summed E-state index contributed by atoms with van der Waals surface area (Å²) < 4.78 is 13.1. The second-order valence-corrected chi connectivity index (χ2v) is 5.65. The molecule has 0 bridgehead atoms. The zero-order valence-electron chi connectivity index (χ0n) is 11.6. The number of aliphatic hydroxyl groups is 1. The average molecular weight is 254 g/mol. The molecule has 3 nitrogen and oxygen atoms in total. The molecule has 0 spiro atoms. The lowest BCUT2D eigenvalue weighted by Crippen LogP contribution is -2.44. The van der Waals surface area contributed by atoms with Crippen LogP contribution in [-0.4, -0.2) is 36.9 Å². The van der Waals surface area contributed by atoms with Crippen molar-refractivity contribution in [1.82, 2.24) is 5.32 Å².